The minimum absolute atomic E-state index is 0.0214. The van der Waals surface area contributed by atoms with Crippen LogP contribution in [0.1, 0.15) is 51.2 Å². The maximum Gasteiger partial charge on any atom is 0.243 e. The van der Waals surface area contributed by atoms with Gasteiger partial charge in [0.2, 0.25) is 41.4 Å². The number of nitrogens with one attached hydrogen (secondary N) is 6. The van der Waals surface area contributed by atoms with E-state index in [1.165, 1.54) is 19.1 Å². The lowest BCUT2D eigenvalue weighted by atomic mass is 10.00. The molecule has 1 saturated heterocycles. The molecule has 3 rings (SSSR count). The highest BCUT2D eigenvalue weighted by molar-refractivity contribution is 5.99. The molecule has 0 unspecified atom stereocenters. The van der Waals surface area contributed by atoms with Gasteiger partial charge in [-0.25, -0.2) is 0 Å². The number of carbonyl (C=O) groups excluding carboxylic acids is 7. The minimum Gasteiger partial charge on any atom is -0.508 e. The molecule has 6 atom stereocenters. The van der Waals surface area contributed by atoms with Crippen molar-refractivity contribution in [2.45, 2.75) is 89.1 Å². The molecule has 1 fully saturated rings. The molecular weight excluding hydrogens is 700 g/mol. The fourth-order valence-electron chi connectivity index (χ4n) is 5.59. The molecule has 13 N–H and O–H groups in total. The maximum absolute atomic E-state index is 14.1. The van der Waals surface area contributed by atoms with Gasteiger partial charge in [0.15, 0.2) is 5.96 Å². The van der Waals surface area contributed by atoms with Crippen molar-refractivity contribution < 1.29 is 38.7 Å². The van der Waals surface area contributed by atoms with Crippen LogP contribution in [0, 0.1) is 5.92 Å². The summed E-state index contributed by atoms with van der Waals surface area (Å²) in [5, 5.41) is 25.4. The number of nitrogens with two attached hydrogens (primary N) is 3. The molecule has 0 saturated carbocycles. The number of hydrogen-bond donors (Lipinski definition) is 10. The summed E-state index contributed by atoms with van der Waals surface area (Å²) in [6.45, 7) is 4.78. The third kappa shape index (κ3) is 13.4. The summed E-state index contributed by atoms with van der Waals surface area (Å²) < 4.78 is 0. The Hall–Kier alpha value is -6.20. The van der Waals surface area contributed by atoms with Crippen LogP contribution in [0.25, 0.3) is 0 Å². The van der Waals surface area contributed by atoms with Crippen molar-refractivity contribution in [2.75, 3.05) is 6.54 Å². The largest absolute Gasteiger partial charge is 0.508 e. The highest BCUT2D eigenvalue weighted by Gasteiger charge is 2.35. The molecule has 18 heteroatoms. The van der Waals surface area contributed by atoms with Crippen molar-refractivity contribution >= 4 is 47.3 Å². The average molecular weight is 751 g/mol. The molecule has 7 amide bonds. The van der Waals surface area contributed by atoms with E-state index in [0.29, 0.717) is 11.1 Å². The Morgan fingerprint density at radius 2 is 1.17 bits per heavy atom. The topological polar surface area (TPSA) is 302 Å². The first-order valence-electron chi connectivity index (χ1n) is 17.5. The van der Waals surface area contributed by atoms with E-state index in [1.54, 1.807) is 56.3 Å². The van der Waals surface area contributed by atoms with Crippen LogP contribution < -0.4 is 49.1 Å². The standard InChI is InChI=1S/C36H50N10O8/c1-19(2)29-35(54)41-20(3)30(49)42-24(10-7-15-40-36(38)39)31(50)43-26(17-22-11-13-23(47)14-12-22)32(51)44-25(16-21-8-5-4-6-9-21)33(52)45-27(18-28(37)48)34(53)46-29/h4-6,8-9,11-14,19-20,24-27,29,47H,7,10,15-18H2,1-3H3,(H2,37,48)(H,41,54)(H,42,49)(H,43,50)(H,44,51)(H,45,52)(H,46,53)(H4,38,39,40)/t20-,24-,25-,26-,27-,29-/m0/s1. The summed E-state index contributed by atoms with van der Waals surface area (Å²) in [5.41, 5.74) is 17.5. The van der Waals surface area contributed by atoms with Gasteiger partial charge in [-0.2, -0.15) is 0 Å². The Balaban J connectivity index is 2.11. The smallest absolute Gasteiger partial charge is 0.243 e. The first kappa shape index (κ1) is 42.2. The number of phenolic OH excluding ortho intramolecular Hbond substituents is 1. The zero-order chi connectivity index (χ0) is 39.9. The Morgan fingerprint density at radius 3 is 1.70 bits per heavy atom. The molecule has 0 aliphatic carbocycles. The molecule has 0 bridgehead atoms. The maximum atomic E-state index is 14.1. The normalized spacial score (nSPS) is 23.3. The number of amides is 7. The summed E-state index contributed by atoms with van der Waals surface area (Å²) in [6.07, 6.45) is -0.560. The molecule has 1 aliphatic heterocycles. The van der Waals surface area contributed by atoms with Crippen LogP contribution in [0.4, 0.5) is 0 Å². The van der Waals surface area contributed by atoms with Crippen molar-refractivity contribution in [3.63, 3.8) is 0 Å². The fourth-order valence-corrected chi connectivity index (χ4v) is 5.59. The quantitative estimate of drug-likeness (QED) is 0.0666. The Kier molecular flexibility index (Phi) is 15.8. The summed E-state index contributed by atoms with van der Waals surface area (Å²) in [6, 6.07) is 6.65. The average Bonchev–Trinajstić information content (AvgIpc) is 3.11. The molecule has 292 valence electrons. The van der Waals surface area contributed by atoms with Gasteiger partial charge in [-0.3, -0.25) is 38.6 Å². The van der Waals surface area contributed by atoms with Gasteiger partial charge < -0.3 is 54.2 Å². The molecule has 1 aliphatic rings. The first-order chi connectivity index (χ1) is 25.5. The third-order valence-electron chi connectivity index (χ3n) is 8.54. The molecule has 0 aromatic heterocycles. The summed E-state index contributed by atoms with van der Waals surface area (Å²) >= 11 is 0. The highest BCUT2D eigenvalue weighted by atomic mass is 16.3. The zero-order valence-electron chi connectivity index (χ0n) is 30.5. The molecule has 2 aromatic carbocycles. The number of hydrogen-bond acceptors (Lipinski definition) is 9. The zero-order valence-corrected chi connectivity index (χ0v) is 30.5. The number of primary amides is 1. The molecule has 18 nitrogen and oxygen atoms in total. The number of benzene rings is 2. The predicted octanol–water partition coefficient (Wildman–Crippen LogP) is -2.30. The number of rotatable bonds is 11. The lowest BCUT2D eigenvalue weighted by Gasteiger charge is -2.29. The van der Waals surface area contributed by atoms with Crippen molar-refractivity contribution in [3.05, 3.63) is 65.7 Å². The van der Waals surface area contributed by atoms with E-state index < -0.39 is 89.9 Å². The van der Waals surface area contributed by atoms with E-state index in [2.05, 4.69) is 36.9 Å². The number of aliphatic imine (C=N–C) groups is 1. The monoisotopic (exact) mass is 750 g/mol. The highest BCUT2D eigenvalue weighted by Crippen LogP contribution is 2.14. The van der Waals surface area contributed by atoms with E-state index in [1.807, 2.05) is 0 Å². The van der Waals surface area contributed by atoms with Crippen molar-refractivity contribution in [3.8, 4) is 5.75 Å². The fraction of sp³-hybridized carbons (Fsp3) is 0.444. The van der Waals surface area contributed by atoms with E-state index >= 15 is 0 Å². The van der Waals surface area contributed by atoms with Crippen LogP contribution in [0.5, 0.6) is 5.75 Å². The molecule has 2 aromatic rings. The Labute approximate surface area is 312 Å². The molecule has 0 radical (unpaired) electrons. The predicted molar refractivity (Wildman–Crippen MR) is 198 cm³/mol. The van der Waals surface area contributed by atoms with E-state index in [9.17, 15) is 38.7 Å². The Bertz CT molecular complexity index is 1680. The number of carbonyl (C=O) groups is 7. The number of aromatic hydroxyl groups is 1. The van der Waals surface area contributed by atoms with Gasteiger partial charge in [0.25, 0.3) is 0 Å². The molecule has 54 heavy (non-hydrogen) atoms. The van der Waals surface area contributed by atoms with Crippen molar-refractivity contribution in [2.24, 2.45) is 28.1 Å². The second kappa shape index (κ2) is 20.1. The lowest BCUT2D eigenvalue weighted by molar-refractivity contribution is -0.137. The van der Waals surface area contributed by atoms with Crippen molar-refractivity contribution in [1.29, 1.82) is 0 Å². The van der Waals surface area contributed by atoms with Gasteiger partial charge in [0.1, 0.15) is 42.0 Å². The summed E-state index contributed by atoms with van der Waals surface area (Å²) in [7, 11) is 0. The van der Waals surface area contributed by atoms with Crippen LogP contribution in [0.3, 0.4) is 0 Å². The van der Waals surface area contributed by atoms with Gasteiger partial charge >= 0.3 is 0 Å². The lowest BCUT2D eigenvalue weighted by Crippen LogP contribution is -2.62. The number of nitrogens with zero attached hydrogens (tertiary/aromatic N) is 1. The van der Waals surface area contributed by atoms with E-state index in [-0.39, 0.29) is 43.9 Å². The van der Waals surface area contributed by atoms with Gasteiger partial charge in [0.05, 0.1) is 6.42 Å². The van der Waals surface area contributed by atoms with Gasteiger partial charge in [-0.1, -0.05) is 56.3 Å². The van der Waals surface area contributed by atoms with Crippen molar-refractivity contribution in [1.82, 2.24) is 31.9 Å². The first-order valence-corrected chi connectivity index (χ1v) is 17.5. The molecular formula is C36H50N10O8. The SMILES string of the molecule is CC(C)[C@@H]1NC(=O)[C@H](CC(N)=O)NC(=O)[C@H](Cc2ccccc2)NC(=O)[C@H](Cc2ccc(O)cc2)NC(=O)[C@H](CCCN=C(N)N)NC(=O)[C@H](C)NC1=O. The summed E-state index contributed by atoms with van der Waals surface area (Å²) in [5.74, 6) is -6.46. The van der Waals surface area contributed by atoms with Gasteiger partial charge in [-0.15, -0.1) is 0 Å². The summed E-state index contributed by atoms with van der Waals surface area (Å²) in [4.78, 5) is 98.4. The van der Waals surface area contributed by atoms with E-state index in [4.69, 9.17) is 17.2 Å². The van der Waals surface area contributed by atoms with Gasteiger partial charge in [0, 0.05) is 19.4 Å². The van der Waals surface area contributed by atoms with Crippen LogP contribution in [-0.2, 0) is 46.4 Å². The molecule has 1 heterocycles. The number of phenols is 1. The second-order valence-electron chi connectivity index (χ2n) is 13.4. The number of guanidine groups is 1. The third-order valence-corrected chi connectivity index (χ3v) is 8.54. The van der Waals surface area contributed by atoms with Crippen LogP contribution >= 0.6 is 0 Å². The van der Waals surface area contributed by atoms with E-state index in [0.717, 1.165) is 0 Å². The minimum atomic E-state index is -1.55. The van der Waals surface area contributed by atoms with Crippen LogP contribution in [0.2, 0.25) is 0 Å². The second-order valence-corrected chi connectivity index (χ2v) is 13.4. The van der Waals surface area contributed by atoms with Crippen LogP contribution in [0.15, 0.2) is 59.6 Å². The van der Waals surface area contributed by atoms with Crippen LogP contribution in [-0.4, -0.2) is 95.2 Å². The Morgan fingerprint density at radius 1 is 0.667 bits per heavy atom. The molecule has 0 spiro atoms. The van der Waals surface area contributed by atoms with Gasteiger partial charge in [-0.05, 0) is 48.9 Å².